The summed E-state index contributed by atoms with van der Waals surface area (Å²) in [6, 6.07) is 6.67. The number of hydrogen-bond donors (Lipinski definition) is 0. The highest BCUT2D eigenvalue weighted by molar-refractivity contribution is 14.1. The molecule has 1 aliphatic rings. The van der Waals surface area contributed by atoms with Crippen LogP contribution < -0.4 is 0 Å². The molecule has 0 atom stereocenters. The van der Waals surface area contributed by atoms with Crippen LogP contribution in [0, 0.1) is 0 Å². The third kappa shape index (κ3) is 4.39. The summed E-state index contributed by atoms with van der Waals surface area (Å²) in [6.07, 6.45) is 7.93. The van der Waals surface area contributed by atoms with Gasteiger partial charge in [0.1, 0.15) is 6.26 Å². The lowest BCUT2D eigenvalue weighted by molar-refractivity contribution is 0.0662. The first-order valence-electron chi connectivity index (χ1n) is 5.58. The zero-order chi connectivity index (χ0) is 13.7. The number of ether oxygens (including phenoxy) is 1. The second-order valence-corrected chi connectivity index (χ2v) is 5.67. The van der Waals surface area contributed by atoms with E-state index in [4.69, 9.17) is 16.3 Å². The van der Waals surface area contributed by atoms with Crippen LogP contribution in [-0.2, 0) is 4.74 Å². The summed E-state index contributed by atoms with van der Waals surface area (Å²) in [6.45, 7) is 0. The molecule has 19 heavy (non-hydrogen) atoms. The minimum Gasteiger partial charge on any atom is -0.430 e. The summed E-state index contributed by atoms with van der Waals surface area (Å²) in [5, 5.41) is 0.513. The Morgan fingerprint density at radius 3 is 3.00 bits per heavy atom. The number of carbonyl (C=O) groups excluding carboxylic acids is 1. The molecular weight excluding hydrogens is 375 g/mol. The first-order chi connectivity index (χ1) is 9.15. The molecule has 0 aliphatic heterocycles. The van der Waals surface area contributed by atoms with Gasteiger partial charge in [0, 0.05) is 15.0 Å². The molecule has 2 rings (SSSR count). The monoisotopic (exact) mass is 384 g/mol. The number of allylic oxidation sites excluding steroid dienone is 4. The molecule has 0 fully saturated rings. The molecule has 0 amide bonds. The van der Waals surface area contributed by atoms with Crippen molar-refractivity contribution in [2.24, 2.45) is 0 Å². The van der Waals surface area contributed by atoms with E-state index in [2.05, 4.69) is 28.3 Å². The van der Waals surface area contributed by atoms with Crippen molar-refractivity contribution in [2.75, 3.05) is 0 Å². The molecule has 0 unspecified atom stereocenters. The van der Waals surface area contributed by atoms with Gasteiger partial charge in [-0.1, -0.05) is 29.8 Å². The van der Waals surface area contributed by atoms with Crippen LogP contribution in [0.15, 0.2) is 63.6 Å². The smallest absolute Gasteiger partial charge is 0.343 e. The summed E-state index contributed by atoms with van der Waals surface area (Å²) in [5.74, 6) is -0.414. The molecule has 0 saturated heterocycles. The lowest BCUT2D eigenvalue weighted by atomic mass is 10.2. The highest BCUT2D eigenvalue weighted by Gasteiger charge is 2.07. The van der Waals surface area contributed by atoms with Gasteiger partial charge in [-0.05, 0) is 52.4 Å². The highest BCUT2D eigenvalue weighted by atomic mass is 127. The Morgan fingerprint density at radius 1 is 1.47 bits per heavy atom. The maximum absolute atomic E-state index is 11.8. The van der Waals surface area contributed by atoms with Crippen LogP contribution in [-0.4, -0.2) is 5.97 Å². The number of benzene rings is 1. The van der Waals surface area contributed by atoms with E-state index in [9.17, 15) is 4.79 Å². The van der Waals surface area contributed by atoms with Crippen molar-refractivity contribution < 1.29 is 9.53 Å². The molecule has 2 nitrogen and oxygen atoms in total. The molecule has 0 spiro atoms. The van der Waals surface area contributed by atoms with E-state index in [-0.39, 0.29) is 0 Å². The van der Waals surface area contributed by atoms with Crippen molar-refractivity contribution in [2.45, 2.75) is 6.42 Å². The zero-order valence-electron chi connectivity index (χ0n) is 9.90. The van der Waals surface area contributed by atoms with Crippen molar-refractivity contribution in [1.29, 1.82) is 0 Å². The normalized spacial score (nSPS) is 13.6. The van der Waals surface area contributed by atoms with E-state index in [1.807, 2.05) is 18.2 Å². The van der Waals surface area contributed by atoms with Gasteiger partial charge in [0.25, 0.3) is 0 Å². The molecule has 0 saturated carbocycles. The Labute approximate surface area is 130 Å². The van der Waals surface area contributed by atoms with E-state index in [0.717, 1.165) is 9.15 Å². The van der Waals surface area contributed by atoms with Crippen molar-refractivity contribution in [1.82, 2.24) is 0 Å². The van der Waals surface area contributed by atoms with E-state index in [0.29, 0.717) is 17.0 Å². The highest BCUT2D eigenvalue weighted by Crippen LogP contribution is 2.20. The predicted octanol–water partition coefficient (Wildman–Crippen LogP) is 4.81. The first-order valence-corrected chi connectivity index (χ1v) is 7.04. The van der Waals surface area contributed by atoms with Crippen LogP contribution in [0.3, 0.4) is 0 Å². The minimum absolute atomic E-state index is 0.414. The van der Waals surface area contributed by atoms with Gasteiger partial charge in [-0.25, -0.2) is 4.79 Å². The zero-order valence-corrected chi connectivity index (χ0v) is 12.8. The second kappa shape index (κ2) is 6.75. The molecule has 0 heterocycles. The first kappa shape index (κ1) is 14.1. The summed E-state index contributed by atoms with van der Waals surface area (Å²) < 4.78 is 6.04. The Bertz CT molecular complexity index is 623. The predicted molar refractivity (Wildman–Crippen MR) is 84.3 cm³/mol. The lowest BCUT2D eigenvalue weighted by Gasteiger charge is -2.02. The van der Waals surface area contributed by atoms with Gasteiger partial charge in [-0.3, -0.25) is 0 Å². The van der Waals surface area contributed by atoms with Gasteiger partial charge in [0.05, 0.1) is 5.56 Å². The van der Waals surface area contributed by atoms with Crippen molar-refractivity contribution >= 4 is 40.2 Å². The molecule has 0 aromatic heterocycles. The third-order valence-electron chi connectivity index (χ3n) is 2.38. The number of esters is 1. The SMILES string of the molecule is O=C(O/C=C(\I)CC1=C=CC=C1)c1cccc(Cl)c1. The average molecular weight is 385 g/mol. The maximum atomic E-state index is 11.8. The Morgan fingerprint density at radius 2 is 2.32 bits per heavy atom. The topological polar surface area (TPSA) is 26.3 Å². The van der Waals surface area contributed by atoms with Crippen LogP contribution >= 0.6 is 34.2 Å². The van der Waals surface area contributed by atoms with Gasteiger partial charge in [-0.15, -0.1) is 5.73 Å². The molecule has 0 bridgehead atoms. The van der Waals surface area contributed by atoms with E-state index >= 15 is 0 Å². The molecule has 1 aromatic rings. The number of rotatable bonds is 4. The van der Waals surface area contributed by atoms with Crippen LogP contribution in [0.25, 0.3) is 0 Å². The Balaban J connectivity index is 1.95. The minimum atomic E-state index is -0.414. The lowest BCUT2D eigenvalue weighted by Crippen LogP contribution is -2.00. The van der Waals surface area contributed by atoms with E-state index < -0.39 is 5.97 Å². The summed E-state index contributed by atoms with van der Waals surface area (Å²) in [5.41, 5.74) is 4.60. The van der Waals surface area contributed by atoms with Crippen molar-refractivity contribution in [3.05, 3.63) is 74.2 Å². The van der Waals surface area contributed by atoms with Gasteiger partial charge in [0.2, 0.25) is 0 Å². The second-order valence-electron chi connectivity index (χ2n) is 3.85. The van der Waals surface area contributed by atoms with Crippen molar-refractivity contribution in [3.63, 3.8) is 0 Å². The molecular formula is C15H10ClIO2. The van der Waals surface area contributed by atoms with Crippen LogP contribution in [0.4, 0.5) is 0 Å². The molecule has 1 aromatic carbocycles. The summed E-state index contributed by atoms with van der Waals surface area (Å²) >= 11 is 7.96. The average Bonchev–Trinajstić information content (AvgIpc) is 2.88. The molecule has 0 radical (unpaired) electrons. The van der Waals surface area contributed by atoms with Crippen LogP contribution in [0.2, 0.25) is 5.02 Å². The maximum Gasteiger partial charge on any atom is 0.343 e. The fourth-order valence-corrected chi connectivity index (χ4v) is 2.23. The standard InChI is InChI=1S/C15H10ClIO2/c16-13-7-3-6-12(9-13)15(18)19-10-14(17)8-11-4-1-2-5-11/h1-4,6-7,9-10H,8H2/b14-10-. The van der Waals surface area contributed by atoms with Gasteiger partial charge in [-0.2, -0.15) is 0 Å². The van der Waals surface area contributed by atoms with Gasteiger partial charge in [0.15, 0.2) is 0 Å². The number of carbonyl (C=O) groups is 1. The fraction of sp³-hybridized carbons (Fsp3) is 0.0667. The summed E-state index contributed by atoms with van der Waals surface area (Å²) in [7, 11) is 0. The largest absolute Gasteiger partial charge is 0.430 e. The van der Waals surface area contributed by atoms with Crippen molar-refractivity contribution in [3.8, 4) is 0 Å². The number of halogens is 2. The van der Waals surface area contributed by atoms with E-state index in [1.165, 1.54) is 6.26 Å². The van der Waals surface area contributed by atoms with E-state index in [1.54, 1.807) is 24.3 Å². The quantitative estimate of drug-likeness (QED) is 0.322. The van der Waals surface area contributed by atoms with Crippen LogP contribution in [0.5, 0.6) is 0 Å². The third-order valence-corrected chi connectivity index (χ3v) is 3.25. The van der Waals surface area contributed by atoms with Gasteiger partial charge >= 0.3 is 5.97 Å². The Hall–Kier alpha value is -1.29. The Kier molecular flexibility index (Phi) is 5.02. The fourth-order valence-electron chi connectivity index (χ4n) is 1.50. The van der Waals surface area contributed by atoms with Crippen LogP contribution in [0.1, 0.15) is 16.8 Å². The molecule has 96 valence electrons. The molecule has 4 heteroatoms. The van der Waals surface area contributed by atoms with Gasteiger partial charge < -0.3 is 4.74 Å². The molecule has 0 N–H and O–H groups in total. The summed E-state index contributed by atoms with van der Waals surface area (Å²) in [4.78, 5) is 11.8. The molecule has 1 aliphatic carbocycles. The number of hydrogen-bond acceptors (Lipinski definition) is 2.